The molecule has 24 heavy (non-hydrogen) atoms. The molecule has 2 heterocycles. The molecule has 7 nitrogen and oxygen atoms in total. The van der Waals surface area contributed by atoms with Gasteiger partial charge in [-0.2, -0.15) is 10.1 Å². The Balaban J connectivity index is 1.96. The first-order valence-electron chi connectivity index (χ1n) is 7.99. The van der Waals surface area contributed by atoms with Crippen molar-refractivity contribution in [2.24, 2.45) is 0 Å². The molecule has 0 unspecified atom stereocenters. The van der Waals surface area contributed by atoms with E-state index in [2.05, 4.69) is 62.3 Å². The van der Waals surface area contributed by atoms with Crippen LogP contribution in [0, 0.1) is 0 Å². The standard InChI is InChI=1S/C17H23N7/c1-19-16-14(11-20-17(18)22-16)12-5-6-13-10-21-24(15(13)9-12)8-4-7-23(2)3/h5-6,9-11H,4,7-8H2,1-3H3,(H3,18,19,20,22). The average Bonchev–Trinajstić information content (AvgIpc) is 2.97. The second-order valence-corrected chi connectivity index (χ2v) is 6.04. The van der Waals surface area contributed by atoms with Gasteiger partial charge in [0.2, 0.25) is 5.95 Å². The molecule has 7 heteroatoms. The third-order valence-electron chi connectivity index (χ3n) is 3.98. The lowest BCUT2D eigenvalue weighted by Gasteiger charge is -2.11. The van der Waals surface area contributed by atoms with Gasteiger partial charge in [0.1, 0.15) is 5.82 Å². The van der Waals surface area contributed by atoms with Crippen molar-refractivity contribution in [3.63, 3.8) is 0 Å². The summed E-state index contributed by atoms with van der Waals surface area (Å²) in [5.41, 5.74) is 8.76. The summed E-state index contributed by atoms with van der Waals surface area (Å²) in [6.45, 7) is 1.93. The lowest BCUT2D eigenvalue weighted by atomic mass is 10.1. The van der Waals surface area contributed by atoms with Crippen LogP contribution in [0.3, 0.4) is 0 Å². The number of nitrogens with two attached hydrogens (primary N) is 1. The van der Waals surface area contributed by atoms with E-state index in [1.165, 1.54) is 0 Å². The first kappa shape index (κ1) is 16.2. The molecule has 0 saturated carbocycles. The molecule has 1 aromatic carbocycles. The highest BCUT2D eigenvalue weighted by atomic mass is 15.3. The van der Waals surface area contributed by atoms with E-state index in [4.69, 9.17) is 5.73 Å². The van der Waals surface area contributed by atoms with E-state index in [1.54, 1.807) is 6.20 Å². The molecule has 0 fully saturated rings. The number of aryl methyl sites for hydroxylation is 1. The monoisotopic (exact) mass is 325 g/mol. The normalized spacial score (nSPS) is 11.3. The van der Waals surface area contributed by atoms with E-state index >= 15 is 0 Å². The Morgan fingerprint density at radius 2 is 2.08 bits per heavy atom. The van der Waals surface area contributed by atoms with Crippen LogP contribution in [0.5, 0.6) is 0 Å². The number of anilines is 2. The summed E-state index contributed by atoms with van der Waals surface area (Å²) in [5.74, 6) is 0.985. The summed E-state index contributed by atoms with van der Waals surface area (Å²) in [6, 6.07) is 6.27. The number of nitrogens with zero attached hydrogens (tertiary/aromatic N) is 5. The number of nitrogens with one attached hydrogen (secondary N) is 1. The van der Waals surface area contributed by atoms with Crippen molar-refractivity contribution < 1.29 is 0 Å². The fourth-order valence-electron chi connectivity index (χ4n) is 2.75. The van der Waals surface area contributed by atoms with Gasteiger partial charge in [-0.25, -0.2) is 4.98 Å². The van der Waals surface area contributed by atoms with E-state index in [0.717, 1.165) is 47.4 Å². The highest BCUT2D eigenvalue weighted by Gasteiger charge is 2.10. The minimum atomic E-state index is 0.262. The number of aromatic nitrogens is 4. The predicted octanol–water partition coefficient (Wildman–Crippen LogP) is 2.07. The Hall–Kier alpha value is -2.67. The van der Waals surface area contributed by atoms with Crippen molar-refractivity contribution in [2.45, 2.75) is 13.0 Å². The third kappa shape index (κ3) is 3.30. The Morgan fingerprint density at radius 1 is 1.25 bits per heavy atom. The number of benzene rings is 1. The van der Waals surface area contributed by atoms with Crippen LogP contribution in [-0.2, 0) is 6.54 Å². The van der Waals surface area contributed by atoms with Crippen molar-refractivity contribution >= 4 is 22.7 Å². The third-order valence-corrected chi connectivity index (χ3v) is 3.98. The van der Waals surface area contributed by atoms with Crippen molar-refractivity contribution in [3.05, 3.63) is 30.6 Å². The zero-order valence-electron chi connectivity index (χ0n) is 14.3. The molecule has 126 valence electrons. The van der Waals surface area contributed by atoms with Gasteiger partial charge in [0.05, 0.1) is 11.7 Å². The van der Waals surface area contributed by atoms with Crippen molar-refractivity contribution in [3.8, 4) is 11.1 Å². The van der Waals surface area contributed by atoms with Crippen LogP contribution < -0.4 is 11.1 Å². The minimum absolute atomic E-state index is 0.262. The molecule has 3 aromatic rings. The fourth-order valence-corrected chi connectivity index (χ4v) is 2.75. The molecule has 0 amide bonds. The lowest BCUT2D eigenvalue weighted by Crippen LogP contribution is -2.15. The van der Waals surface area contributed by atoms with Gasteiger partial charge < -0.3 is 16.0 Å². The molecule has 3 rings (SSSR count). The van der Waals surface area contributed by atoms with Crippen LogP contribution in [0.2, 0.25) is 0 Å². The maximum absolute atomic E-state index is 5.68. The van der Waals surface area contributed by atoms with Gasteiger partial charge >= 0.3 is 0 Å². The van der Waals surface area contributed by atoms with E-state index in [0.29, 0.717) is 0 Å². The molecule has 0 radical (unpaired) electrons. The van der Waals surface area contributed by atoms with Crippen molar-refractivity contribution in [1.29, 1.82) is 0 Å². The van der Waals surface area contributed by atoms with Crippen LogP contribution >= 0.6 is 0 Å². The molecule has 2 aromatic heterocycles. The first-order chi connectivity index (χ1) is 11.6. The van der Waals surface area contributed by atoms with E-state index in [9.17, 15) is 0 Å². The SMILES string of the molecule is CNc1nc(N)ncc1-c1ccc2cnn(CCCN(C)C)c2c1. The number of hydrogen-bond donors (Lipinski definition) is 2. The highest BCUT2D eigenvalue weighted by Crippen LogP contribution is 2.29. The Morgan fingerprint density at radius 3 is 2.83 bits per heavy atom. The zero-order valence-corrected chi connectivity index (χ0v) is 14.3. The fraction of sp³-hybridized carbons (Fsp3) is 0.353. The number of nitrogen functional groups attached to an aromatic ring is 1. The van der Waals surface area contributed by atoms with Gasteiger partial charge in [-0.05, 0) is 38.7 Å². The summed E-state index contributed by atoms with van der Waals surface area (Å²) < 4.78 is 2.06. The summed E-state index contributed by atoms with van der Waals surface area (Å²) in [5, 5.41) is 8.72. The molecule has 0 aliphatic carbocycles. The van der Waals surface area contributed by atoms with E-state index in [-0.39, 0.29) is 5.95 Å². The molecule has 0 bridgehead atoms. The van der Waals surface area contributed by atoms with Crippen LogP contribution in [0.4, 0.5) is 11.8 Å². The summed E-state index contributed by atoms with van der Waals surface area (Å²) in [4.78, 5) is 10.6. The van der Waals surface area contributed by atoms with Crippen LogP contribution in [0.1, 0.15) is 6.42 Å². The average molecular weight is 325 g/mol. The maximum atomic E-state index is 5.68. The van der Waals surface area contributed by atoms with Crippen LogP contribution in [0.15, 0.2) is 30.6 Å². The molecule has 0 spiro atoms. The molecule has 0 saturated heterocycles. The molecular formula is C17H23N7. The molecule has 0 aliphatic rings. The summed E-state index contributed by atoms with van der Waals surface area (Å²) in [6.07, 6.45) is 4.72. The molecule has 0 aliphatic heterocycles. The largest absolute Gasteiger partial charge is 0.372 e. The number of fused-ring (bicyclic) bond motifs is 1. The van der Waals surface area contributed by atoms with Crippen molar-refractivity contribution in [2.75, 3.05) is 38.7 Å². The predicted molar refractivity (Wildman–Crippen MR) is 97.9 cm³/mol. The van der Waals surface area contributed by atoms with Gasteiger partial charge in [-0.15, -0.1) is 0 Å². The molecule has 0 atom stereocenters. The number of rotatable bonds is 6. The quantitative estimate of drug-likeness (QED) is 0.722. The topological polar surface area (TPSA) is 84.9 Å². The highest BCUT2D eigenvalue weighted by molar-refractivity contribution is 5.86. The number of hydrogen-bond acceptors (Lipinski definition) is 6. The minimum Gasteiger partial charge on any atom is -0.372 e. The molecule has 3 N–H and O–H groups in total. The molecular weight excluding hydrogens is 302 g/mol. The summed E-state index contributed by atoms with van der Waals surface area (Å²) in [7, 11) is 5.99. The van der Waals surface area contributed by atoms with E-state index in [1.807, 2.05) is 13.2 Å². The van der Waals surface area contributed by atoms with Crippen LogP contribution in [-0.4, -0.2) is 52.3 Å². The van der Waals surface area contributed by atoms with Crippen molar-refractivity contribution in [1.82, 2.24) is 24.6 Å². The Labute approximate surface area is 141 Å². The van der Waals surface area contributed by atoms with Gasteiger partial charge in [-0.3, -0.25) is 4.68 Å². The van der Waals surface area contributed by atoms with Gasteiger partial charge in [0.15, 0.2) is 0 Å². The Bertz CT molecular complexity index is 838. The Kier molecular flexibility index (Phi) is 4.61. The van der Waals surface area contributed by atoms with Gasteiger partial charge in [0.25, 0.3) is 0 Å². The maximum Gasteiger partial charge on any atom is 0.221 e. The van der Waals surface area contributed by atoms with Crippen LogP contribution in [0.25, 0.3) is 22.0 Å². The lowest BCUT2D eigenvalue weighted by molar-refractivity contribution is 0.382. The second-order valence-electron chi connectivity index (χ2n) is 6.04. The first-order valence-corrected chi connectivity index (χ1v) is 7.99. The second kappa shape index (κ2) is 6.84. The van der Waals surface area contributed by atoms with Gasteiger partial charge in [-0.1, -0.05) is 12.1 Å². The zero-order chi connectivity index (χ0) is 17.1. The smallest absolute Gasteiger partial charge is 0.221 e. The van der Waals surface area contributed by atoms with Gasteiger partial charge in [0, 0.05) is 30.7 Å². The summed E-state index contributed by atoms with van der Waals surface area (Å²) >= 11 is 0. The van der Waals surface area contributed by atoms with E-state index < -0.39 is 0 Å².